The van der Waals surface area contributed by atoms with Gasteiger partial charge >= 0.3 is 0 Å². The number of likely N-dealkylation sites (tertiary alicyclic amines) is 1. The molecule has 2 aliphatic heterocycles. The molecule has 4 heteroatoms. The van der Waals surface area contributed by atoms with Gasteiger partial charge in [-0.25, -0.2) is 4.39 Å². The van der Waals surface area contributed by atoms with Crippen LogP contribution < -0.4 is 5.32 Å². The molecular formula is C15H19FN2O. The first-order valence-electron chi connectivity index (χ1n) is 6.91. The summed E-state index contributed by atoms with van der Waals surface area (Å²) in [7, 11) is 0. The van der Waals surface area contributed by atoms with E-state index in [-0.39, 0.29) is 11.7 Å². The van der Waals surface area contributed by atoms with Crippen LogP contribution in [0.4, 0.5) is 4.39 Å². The van der Waals surface area contributed by atoms with Gasteiger partial charge in [0, 0.05) is 18.7 Å². The molecule has 19 heavy (non-hydrogen) atoms. The summed E-state index contributed by atoms with van der Waals surface area (Å²) >= 11 is 0. The highest BCUT2D eigenvalue weighted by Crippen LogP contribution is 2.27. The van der Waals surface area contributed by atoms with E-state index in [1.165, 1.54) is 12.1 Å². The Morgan fingerprint density at radius 1 is 1.37 bits per heavy atom. The monoisotopic (exact) mass is 262 g/mol. The van der Waals surface area contributed by atoms with Crippen molar-refractivity contribution in [3.8, 4) is 0 Å². The van der Waals surface area contributed by atoms with Gasteiger partial charge in [-0.2, -0.15) is 0 Å². The molecule has 3 nitrogen and oxygen atoms in total. The number of fused-ring (bicyclic) bond motifs is 1. The number of benzene rings is 1. The molecule has 2 aliphatic rings. The van der Waals surface area contributed by atoms with E-state index in [0.29, 0.717) is 17.4 Å². The Morgan fingerprint density at radius 3 is 3.00 bits per heavy atom. The van der Waals surface area contributed by atoms with Crippen LogP contribution in [0.3, 0.4) is 0 Å². The number of nitrogens with zero attached hydrogens (tertiary/aromatic N) is 1. The third-order valence-corrected chi connectivity index (χ3v) is 4.42. The van der Waals surface area contributed by atoms with E-state index < -0.39 is 0 Å². The SMILES string of the molecule is Cc1ccc(F)cc1C(=O)N1CCC2CNCC2C1. The summed E-state index contributed by atoms with van der Waals surface area (Å²) in [4.78, 5) is 14.4. The minimum absolute atomic E-state index is 0.0256. The predicted octanol–water partition coefficient (Wildman–Crippen LogP) is 1.82. The van der Waals surface area contributed by atoms with Crippen molar-refractivity contribution >= 4 is 5.91 Å². The van der Waals surface area contributed by atoms with Crippen LogP contribution in [-0.2, 0) is 0 Å². The second-order valence-electron chi connectivity index (χ2n) is 5.68. The first-order chi connectivity index (χ1) is 9.15. The van der Waals surface area contributed by atoms with Gasteiger partial charge in [0.05, 0.1) is 0 Å². The smallest absolute Gasteiger partial charge is 0.254 e. The van der Waals surface area contributed by atoms with Gasteiger partial charge in [-0.3, -0.25) is 4.79 Å². The summed E-state index contributed by atoms with van der Waals surface area (Å²) in [6.45, 7) is 5.52. The van der Waals surface area contributed by atoms with Crippen LogP contribution in [0.25, 0.3) is 0 Å². The average molecular weight is 262 g/mol. The Kier molecular flexibility index (Phi) is 3.27. The Bertz CT molecular complexity index is 503. The first kappa shape index (κ1) is 12.6. The van der Waals surface area contributed by atoms with Gasteiger partial charge in [-0.15, -0.1) is 0 Å². The standard InChI is InChI=1S/C15H19FN2O/c1-10-2-3-13(16)6-14(10)15(19)18-5-4-11-7-17-8-12(11)9-18/h2-3,6,11-12,17H,4-5,7-9H2,1H3. The molecule has 0 aliphatic carbocycles. The fourth-order valence-corrected chi connectivity index (χ4v) is 3.21. The van der Waals surface area contributed by atoms with Gasteiger partial charge in [-0.1, -0.05) is 6.07 Å². The van der Waals surface area contributed by atoms with Crippen molar-refractivity contribution in [2.75, 3.05) is 26.2 Å². The largest absolute Gasteiger partial charge is 0.338 e. The van der Waals surface area contributed by atoms with Crippen molar-refractivity contribution in [1.82, 2.24) is 10.2 Å². The lowest BCUT2D eigenvalue weighted by Gasteiger charge is -2.34. The molecule has 1 aromatic carbocycles. The fourth-order valence-electron chi connectivity index (χ4n) is 3.21. The maximum absolute atomic E-state index is 13.3. The van der Waals surface area contributed by atoms with Crippen LogP contribution in [0.2, 0.25) is 0 Å². The number of rotatable bonds is 1. The number of carbonyl (C=O) groups excluding carboxylic acids is 1. The number of hydrogen-bond donors (Lipinski definition) is 1. The lowest BCUT2D eigenvalue weighted by Crippen LogP contribution is -2.43. The predicted molar refractivity (Wildman–Crippen MR) is 71.5 cm³/mol. The molecule has 102 valence electrons. The minimum Gasteiger partial charge on any atom is -0.338 e. The number of nitrogens with one attached hydrogen (secondary N) is 1. The second kappa shape index (κ2) is 4.93. The molecule has 0 aromatic heterocycles. The highest BCUT2D eigenvalue weighted by atomic mass is 19.1. The summed E-state index contributed by atoms with van der Waals surface area (Å²) in [5.74, 6) is 0.901. The lowest BCUT2D eigenvalue weighted by molar-refractivity contribution is 0.0641. The van der Waals surface area contributed by atoms with Crippen molar-refractivity contribution < 1.29 is 9.18 Å². The molecule has 0 bridgehead atoms. The van der Waals surface area contributed by atoms with E-state index in [4.69, 9.17) is 0 Å². The van der Waals surface area contributed by atoms with Gasteiger partial charge in [0.25, 0.3) is 5.91 Å². The zero-order valence-corrected chi connectivity index (χ0v) is 11.2. The molecule has 0 spiro atoms. The highest BCUT2D eigenvalue weighted by Gasteiger charge is 2.34. The van der Waals surface area contributed by atoms with Crippen molar-refractivity contribution in [3.63, 3.8) is 0 Å². The molecule has 1 aromatic rings. The Balaban J connectivity index is 1.78. The summed E-state index contributed by atoms with van der Waals surface area (Å²) < 4.78 is 13.3. The number of aryl methyl sites for hydroxylation is 1. The van der Waals surface area contributed by atoms with Crippen LogP contribution >= 0.6 is 0 Å². The molecule has 1 amide bonds. The maximum Gasteiger partial charge on any atom is 0.254 e. The average Bonchev–Trinajstić information content (AvgIpc) is 2.88. The topological polar surface area (TPSA) is 32.3 Å². The van der Waals surface area contributed by atoms with Crippen LogP contribution in [0.5, 0.6) is 0 Å². The minimum atomic E-state index is -0.341. The van der Waals surface area contributed by atoms with Crippen molar-refractivity contribution in [1.29, 1.82) is 0 Å². The molecule has 0 radical (unpaired) electrons. The fraction of sp³-hybridized carbons (Fsp3) is 0.533. The van der Waals surface area contributed by atoms with Crippen molar-refractivity contribution in [3.05, 3.63) is 35.1 Å². The Morgan fingerprint density at radius 2 is 2.16 bits per heavy atom. The van der Waals surface area contributed by atoms with Gasteiger partial charge in [0.15, 0.2) is 0 Å². The van der Waals surface area contributed by atoms with Crippen LogP contribution in [0.1, 0.15) is 22.3 Å². The maximum atomic E-state index is 13.3. The number of carbonyl (C=O) groups is 1. The molecule has 2 saturated heterocycles. The van der Waals surface area contributed by atoms with Crippen LogP contribution in [0.15, 0.2) is 18.2 Å². The van der Waals surface area contributed by atoms with E-state index in [1.54, 1.807) is 6.07 Å². The zero-order valence-electron chi connectivity index (χ0n) is 11.2. The summed E-state index contributed by atoms with van der Waals surface area (Å²) in [5.41, 5.74) is 1.35. The van der Waals surface area contributed by atoms with Crippen molar-refractivity contribution in [2.45, 2.75) is 13.3 Å². The summed E-state index contributed by atoms with van der Waals surface area (Å²) in [6.07, 6.45) is 1.05. The molecule has 1 N–H and O–H groups in total. The van der Waals surface area contributed by atoms with Gasteiger partial charge in [0.1, 0.15) is 5.82 Å². The van der Waals surface area contributed by atoms with Gasteiger partial charge in [-0.05, 0) is 56.0 Å². The summed E-state index contributed by atoms with van der Waals surface area (Å²) in [6, 6.07) is 4.43. The van der Waals surface area contributed by atoms with E-state index >= 15 is 0 Å². The Labute approximate surface area is 112 Å². The van der Waals surface area contributed by atoms with E-state index in [9.17, 15) is 9.18 Å². The third kappa shape index (κ3) is 2.37. The van der Waals surface area contributed by atoms with Gasteiger partial charge < -0.3 is 10.2 Å². The molecule has 2 atom stereocenters. The number of halogens is 1. The molecule has 0 saturated carbocycles. The van der Waals surface area contributed by atoms with Crippen LogP contribution in [0, 0.1) is 24.6 Å². The third-order valence-electron chi connectivity index (χ3n) is 4.42. The summed E-state index contributed by atoms with van der Waals surface area (Å²) in [5, 5.41) is 3.39. The number of piperidine rings is 1. The lowest BCUT2D eigenvalue weighted by atomic mass is 9.88. The molecule has 3 rings (SSSR count). The Hall–Kier alpha value is -1.42. The van der Waals surface area contributed by atoms with Crippen LogP contribution in [-0.4, -0.2) is 37.0 Å². The number of hydrogen-bond acceptors (Lipinski definition) is 2. The highest BCUT2D eigenvalue weighted by molar-refractivity contribution is 5.95. The molecule has 2 unspecified atom stereocenters. The molecular weight excluding hydrogens is 243 g/mol. The zero-order chi connectivity index (χ0) is 13.4. The van der Waals surface area contributed by atoms with E-state index in [0.717, 1.165) is 38.2 Å². The second-order valence-corrected chi connectivity index (χ2v) is 5.68. The quantitative estimate of drug-likeness (QED) is 0.837. The number of amides is 1. The molecule has 2 fully saturated rings. The van der Waals surface area contributed by atoms with Gasteiger partial charge in [0.2, 0.25) is 0 Å². The first-order valence-corrected chi connectivity index (χ1v) is 6.91. The van der Waals surface area contributed by atoms with Crippen molar-refractivity contribution in [2.24, 2.45) is 11.8 Å². The normalized spacial score (nSPS) is 26.3. The molecule has 2 heterocycles. The van der Waals surface area contributed by atoms with E-state index in [2.05, 4.69) is 5.32 Å². The van der Waals surface area contributed by atoms with E-state index in [1.807, 2.05) is 11.8 Å².